The van der Waals surface area contributed by atoms with Crippen molar-refractivity contribution in [1.82, 2.24) is 0 Å². The maximum Gasteiger partial charge on any atom is 0.350 e. The number of esters is 1. The van der Waals surface area contributed by atoms with E-state index in [1.807, 2.05) is 32.7 Å². The number of thiophene rings is 1. The summed E-state index contributed by atoms with van der Waals surface area (Å²) in [5, 5.41) is 0.858. The van der Waals surface area contributed by atoms with Crippen molar-refractivity contribution >= 4 is 28.0 Å². The van der Waals surface area contributed by atoms with E-state index < -0.39 is 5.97 Å². The Morgan fingerprint density at radius 3 is 2.53 bits per heavy atom. The number of hydrogen-bond donors (Lipinski definition) is 1. The second kappa shape index (κ2) is 6.65. The topological polar surface area (TPSA) is 64.8 Å². The summed E-state index contributed by atoms with van der Waals surface area (Å²) in [6.07, 6.45) is -0.00375. The molecule has 0 radical (unpaired) electrons. The van der Waals surface area contributed by atoms with Crippen molar-refractivity contribution in [1.29, 1.82) is 0 Å². The maximum absolute atomic E-state index is 11.9. The average molecular weight is 286 g/mol. The number of ether oxygens (including phenoxy) is 2. The van der Waals surface area contributed by atoms with Gasteiger partial charge in [0.1, 0.15) is 15.6 Å². The quantitative estimate of drug-likeness (QED) is 0.815. The highest BCUT2D eigenvalue weighted by Gasteiger charge is 2.25. The molecule has 1 aromatic heterocycles. The average Bonchev–Trinajstić information content (AvgIpc) is 2.66. The van der Waals surface area contributed by atoms with Crippen LogP contribution in [0, 0.1) is 0 Å². The lowest BCUT2D eigenvalue weighted by Gasteiger charge is -2.18. The molecule has 6 heteroatoms. The van der Waals surface area contributed by atoms with Crippen LogP contribution in [0.5, 0.6) is 5.75 Å². The molecule has 19 heavy (non-hydrogen) atoms. The van der Waals surface area contributed by atoms with E-state index in [2.05, 4.69) is 0 Å². The molecule has 0 aliphatic rings. The third-order valence-corrected chi connectivity index (χ3v) is 3.80. The smallest absolute Gasteiger partial charge is 0.350 e. The lowest BCUT2D eigenvalue weighted by molar-refractivity contribution is 0.0533. The van der Waals surface area contributed by atoms with Gasteiger partial charge in [-0.15, -0.1) is 11.3 Å². The van der Waals surface area contributed by atoms with Crippen molar-refractivity contribution in [3.05, 3.63) is 4.88 Å². The van der Waals surface area contributed by atoms with E-state index in [4.69, 9.17) is 15.2 Å². The van der Waals surface area contributed by atoms with Crippen LogP contribution in [0.3, 0.4) is 0 Å². The van der Waals surface area contributed by atoms with Gasteiger partial charge in [-0.1, -0.05) is 0 Å². The van der Waals surface area contributed by atoms with Crippen LogP contribution in [0.2, 0.25) is 0 Å². The molecule has 1 heterocycles. The monoisotopic (exact) mass is 286 g/mol. The van der Waals surface area contributed by atoms with Gasteiger partial charge in [0.15, 0.2) is 5.75 Å². The van der Waals surface area contributed by atoms with Gasteiger partial charge in [0.25, 0.3) is 0 Å². The number of nitrogen functional groups attached to an aromatic ring is 1. The van der Waals surface area contributed by atoms with E-state index in [1.165, 1.54) is 11.3 Å². The second-order valence-corrected chi connectivity index (χ2v) is 5.38. The number of nitrogens with zero attached hydrogens (tertiary/aromatic N) is 1. The summed E-state index contributed by atoms with van der Waals surface area (Å²) in [4.78, 5) is 14.3. The van der Waals surface area contributed by atoms with Gasteiger partial charge < -0.3 is 20.1 Å². The number of anilines is 2. The molecule has 0 saturated heterocycles. The number of carbonyl (C=O) groups is 1. The SMILES string of the molecule is CCOC(=O)c1sc(N(C)CC)c(OC(C)C)c1N. The zero-order valence-electron chi connectivity index (χ0n) is 12.1. The van der Waals surface area contributed by atoms with Crippen molar-refractivity contribution in [2.75, 3.05) is 30.8 Å². The highest BCUT2D eigenvalue weighted by Crippen LogP contribution is 2.45. The van der Waals surface area contributed by atoms with E-state index in [-0.39, 0.29) is 6.10 Å². The van der Waals surface area contributed by atoms with Crippen LogP contribution < -0.4 is 15.4 Å². The molecule has 0 aromatic carbocycles. The van der Waals surface area contributed by atoms with Crippen LogP contribution in [0.1, 0.15) is 37.4 Å². The molecule has 0 fully saturated rings. The largest absolute Gasteiger partial charge is 0.486 e. The standard InChI is InChI=1S/C13H22N2O3S/c1-6-15(5)12-10(18-8(3)4)9(14)11(19-12)13(16)17-7-2/h8H,6-7,14H2,1-5H3. The predicted octanol–water partition coefficient (Wildman–Crippen LogP) is 2.75. The molecule has 5 nitrogen and oxygen atoms in total. The lowest BCUT2D eigenvalue weighted by Crippen LogP contribution is -2.16. The fourth-order valence-electron chi connectivity index (χ4n) is 1.51. The van der Waals surface area contributed by atoms with Crippen molar-refractivity contribution < 1.29 is 14.3 Å². The van der Waals surface area contributed by atoms with E-state index in [0.717, 1.165) is 11.5 Å². The first-order chi connectivity index (χ1) is 8.92. The summed E-state index contributed by atoms with van der Waals surface area (Å²) >= 11 is 1.31. The molecule has 108 valence electrons. The first-order valence-corrected chi connectivity index (χ1v) is 7.21. The summed E-state index contributed by atoms with van der Waals surface area (Å²) in [6, 6.07) is 0. The Balaban J connectivity index is 3.21. The van der Waals surface area contributed by atoms with E-state index in [1.54, 1.807) is 6.92 Å². The number of nitrogens with two attached hydrogens (primary N) is 1. The Morgan fingerprint density at radius 1 is 1.42 bits per heavy atom. The molecule has 0 saturated carbocycles. The number of rotatable bonds is 6. The summed E-state index contributed by atoms with van der Waals surface area (Å²) in [6.45, 7) is 8.78. The van der Waals surface area contributed by atoms with Crippen molar-refractivity contribution in [2.45, 2.75) is 33.8 Å². The first-order valence-electron chi connectivity index (χ1n) is 6.39. The van der Waals surface area contributed by atoms with Crippen LogP contribution in [-0.4, -0.2) is 32.3 Å². The Kier molecular flexibility index (Phi) is 5.47. The predicted molar refractivity (Wildman–Crippen MR) is 79.4 cm³/mol. The Bertz CT molecular complexity index is 443. The minimum atomic E-state index is -0.394. The lowest BCUT2D eigenvalue weighted by atomic mass is 10.3. The van der Waals surface area contributed by atoms with Gasteiger partial charge >= 0.3 is 5.97 Å². The molecule has 0 aliphatic carbocycles. The highest BCUT2D eigenvalue weighted by atomic mass is 32.1. The van der Waals surface area contributed by atoms with Gasteiger partial charge in [-0.2, -0.15) is 0 Å². The van der Waals surface area contributed by atoms with Gasteiger partial charge in [-0.25, -0.2) is 4.79 Å². The zero-order valence-corrected chi connectivity index (χ0v) is 13.0. The van der Waals surface area contributed by atoms with E-state index in [0.29, 0.717) is 22.9 Å². The van der Waals surface area contributed by atoms with Crippen LogP contribution in [0.25, 0.3) is 0 Å². The minimum Gasteiger partial charge on any atom is -0.486 e. The molecule has 2 N–H and O–H groups in total. The molecule has 1 aromatic rings. The van der Waals surface area contributed by atoms with Crippen LogP contribution in [0.15, 0.2) is 0 Å². The highest BCUT2D eigenvalue weighted by molar-refractivity contribution is 7.19. The zero-order chi connectivity index (χ0) is 14.6. The van der Waals surface area contributed by atoms with Gasteiger partial charge in [0.05, 0.1) is 12.7 Å². The Morgan fingerprint density at radius 2 is 2.05 bits per heavy atom. The fraction of sp³-hybridized carbons (Fsp3) is 0.615. The van der Waals surface area contributed by atoms with Crippen LogP contribution >= 0.6 is 11.3 Å². The molecule has 0 bridgehead atoms. The van der Waals surface area contributed by atoms with Gasteiger partial charge in [0, 0.05) is 13.6 Å². The summed E-state index contributed by atoms with van der Waals surface area (Å²) in [5.74, 6) is 0.182. The molecule has 0 amide bonds. The molecule has 1 rings (SSSR count). The van der Waals surface area contributed by atoms with Crippen molar-refractivity contribution in [3.8, 4) is 5.75 Å². The van der Waals surface area contributed by atoms with E-state index >= 15 is 0 Å². The maximum atomic E-state index is 11.9. The first kappa shape index (κ1) is 15.6. The number of hydrogen-bond acceptors (Lipinski definition) is 6. The van der Waals surface area contributed by atoms with Gasteiger partial charge in [-0.05, 0) is 27.7 Å². The van der Waals surface area contributed by atoms with E-state index in [9.17, 15) is 4.79 Å². The summed E-state index contributed by atoms with van der Waals surface area (Å²) < 4.78 is 10.8. The summed E-state index contributed by atoms with van der Waals surface area (Å²) in [5.41, 5.74) is 6.40. The molecule has 0 unspecified atom stereocenters. The molecular weight excluding hydrogens is 264 g/mol. The summed E-state index contributed by atoms with van der Waals surface area (Å²) in [7, 11) is 1.94. The molecular formula is C13H22N2O3S. The van der Waals surface area contributed by atoms with Gasteiger partial charge in [0.2, 0.25) is 0 Å². The molecule has 0 spiro atoms. The van der Waals surface area contributed by atoms with Crippen molar-refractivity contribution in [3.63, 3.8) is 0 Å². The van der Waals surface area contributed by atoms with Crippen LogP contribution in [-0.2, 0) is 4.74 Å². The Labute approximate surface area is 118 Å². The minimum absolute atomic E-state index is 0.00375. The third-order valence-electron chi connectivity index (χ3n) is 2.52. The van der Waals surface area contributed by atoms with Crippen molar-refractivity contribution in [2.24, 2.45) is 0 Å². The molecule has 0 atom stereocenters. The normalized spacial score (nSPS) is 10.6. The second-order valence-electron chi connectivity index (χ2n) is 4.38. The van der Waals surface area contributed by atoms with Crippen LogP contribution in [0.4, 0.5) is 10.7 Å². The Hall–Kier alpha value is -1.43. The number of carbonyl (C=O) groups excluding carboxylic acids is 1. The fourth-order valence-corrected chi connectivity index (χ4v) is 2.58. The molecule has 0 aliphatic heterocycles. The van der Waals surface area contributed by atoms with Gasteiger partial charge in [-0.3, -0.25) is 0 Å². The third kappa shape index (κ3) is 3.53.